The molecule has 0 fully saturated rings. The van der Waals surface area contributed by atoms with Crippen molar-refractivity contribution < 1.29 is 0 Å². The summed E-state index contributed by atoms with van der Waals surface area (Å²) in [5.41, 5.74) is 10.9. The highest BCUT2D eigenvalue weighted by molar-refractivity contribution is 8.35. The Kier molecular flexibility index (Phi) is 19.4. The third kappa shape index (κ3) is 12.4. The maximum absolute atomic E-state index is 6.13. The van der Waals surface area contributed by atoms with Gasteiger partial charge in [-0.25, -0.2) is 19.1 Å². The minimum atomic E-state index is -2.29. The van der Waals surface area contributed by atoms with E-state index < -0.39 is 40.1 Å². The van der Waals surface area contributed by atoms with Crippen LogP contribution in [0.15, 0.2) is 588 Å². The SMILES string of the molecule is c1ccc(S(c2ccccc2)(c2ccccc2)c2ccc3nc4n(-c5nc(-c6cccc(-n7c8ccccc8c8ccccc87)c6)nc(-n6c7ccc(S(c8ccccc8)(c8ccccc8)c8ccccc8)cc7n7c8cc(S(c9ccccc9)(c9ccccc9)c9ccccc9)ccc8nc67)n5)c5ccc(S(c6ccccc6)(c6ccccc6)c6ccccc6)cc5n4c3c2)cc1. The second kappa shape index (κ2) is 32.5. The van der Waals surface area contributed by atoms with E-state index in [1.807, 2.05) is 0 Å². The molecule has 0 atom stereocenters. The minimum Gasteiger partial charge on any atom is -0.309 e. The highest BCUT2D eigenvalue weighted by Crippen LogP contribution is 2.78. The van der Waals surface area contributed by atoms with E-state index in [-0.39, 0.29) is 0 Å². The zero-order chi connectivity index (χ0) is 88.0. The predicted molar refractivity (Wildman–Crippen MR) is 546 cm³/mol. The zero-order valence-electron chi connectivity index (χ0n) is 72.1. The molecule has 25 aromatic rings. The summed E-state index contributed by atoms with van der Waals surface area (Å²) in [5, 5.41) is 2.32. The van der Waals surface area contributed by atoms with Crippen molar-refractivity contribution in [3.63, 3.8) is 0 Å². The molecule has 0 saturated carbocycles. The van der Waals surface area contributed by atoms with Crippen LogP contribution in [0.4, 0.5) is 0 Å². The molecule has 133 heavy (non-hydrogen) atoms. The number of hydrogen-bond acceptors (Lipinski definition) is 5. The first-order valence-corrected chi connectivity index (χ1v) is 51.2. The monoisotopic (exact) mass is 1780 g/mol. The molecule has 6 aromatic heterocycles. The molecule has 0 saturated heterocycles. The molecule has 634 valence electrons. The van der Waals surface area contributed by atoms with Crippen molar-refractivity contribution in [2.45, 2.75) is 78.3 Å². The summed E-state index contributed by atoms with van der Waals surface area (Å²) in [7, 11) is -9.05. The lowest BCUT2D eigenvalue weighted by atomic mass is 10.2. The van der Waals surface area contributed by atoms with Crippen LogP contribution in [0.25, 0.3) is 106 Å². The van der Waals surface area contributed by atoms with Gasteiger partial charge >= 0.3 is 0 Å². The van der Waals surface area contributed by atoms with Crippen LogP contribution in [0.3, 0.4) is 0 Å². The Morgan fingerprint density at radius 1 is 0.158 bits per heavy atom. The quantitative estimate of drug-likeness (QED) is 0.0759. The number of aromatic nitrogens is 10. The fraction of sp³-hybridized carbons (Fsp3) is 0. The molecule has 0 unspecified atom stereocenters. The normalized spacial score (nSPS) is 12.7. The molecular formula is C119H84N10S4. The molecule has 0 amide bonds. The summed E-state index contributed by atoms with van der Waals surface area (Å²) in [6.07, 6.45) is 0. The van der Waals surface area contributed by atoms with E-state index in [0.717, 1.165) is 96.8 Å². The largest absolute Gasteiger partial charge is 0.309 e. The molecular weight excluding hydrogens is 1700 g/mol. The molecule has 0 aliphatic rings. The van der Waals surface area contributed by atoms with Gasteiger partial charge in [-0.15, -0.1) is 40.1 Å². The first-order valence-electron chi connectivity index (χ1n) is 44.7. The first kappa shape index (κ1) is 79.1. The first-order chi connectivity index (χ1) is 66.0. The van der Waals surface area contributed by atoms with E-state index in [0.29, 0.717) is 29.3 Å². The Morgan fingerprint density at radius 3 is 0.684 bits per heavy atom. The van der Waals surface area contributed by atoms with E-state index in [4.69, 9.17) is 24.9 Å². The topological polar surface area (TPSA) is 88.1 Å². The average molecular weight is 1780 g/mol. The molecule has 6 heterocycles. The lowest BCUT2D eigenvalue weighted by molar-refractivity contribution is 0.877. The van der Waals surface area contributed by atoms with Gasteiger partial charge in [-0.2, -0.15) is 15.0 Å². The van der Waals surface area contributed by atoms with Crippen LogP contribution < -0.4 is 0 Å². The van der Waals surface area contributed by atoms with Crippen LogP contribution in [-0.2, 0) is 0 Å². The maximum Gasteiger partial charge on any atom is 0.242 e. The van der Waals surface area contributed by atoms with Gasteiger partial charge in [-0.3, -0.25) is 8.80 Å². The summed E-state index contributed by atoms with van der Waals surface area (Å²) in [4.78, 5) is 49.2. The third-order valence-electron chi connectivity index (χ3n) is 26.0. The van der Waals surface area contributed by atoms with Crippen molar-refractivity contribution in [2.75, 3.05) is 0 Å². The number of fused-ring (bicyclic) bond motifs is 13. The Morgan fingerprint density at radius 2 is 0.406 bits per heavy atom. The molecule has 0 aliphatic carbocycles. The van der Waals surface area contributed by atoms with Gasteiger partial charge in [-0.05, 0) is 243 Å². The number of nitrogens with zero attached hydrogens (tertiary/aromatic N) is 10. The van der Waals surface area contributed by atoms with Crippen molar-refractivity contribution in [1.82, 2.24) is 47.4 Å². The smallest absolute Gasteiger partial charge is 0.242 e. The van der Waals surface area contributed by atoms with Crippen molar-refractivity contribution >= 4 is 118 Å². The van der Waals surface area contributed by atoms with Crippen LogP contribution in [0.5, 0.6) is 0 Å². The fourth-order valence-corrected chi connectivity index (χ4v) is 36.0. The summed E-state index contributed by atoms with van der Waals surface area (Å²) < 4.78 is 11.6. The lowest BCUT2D eigenvalue weighted by Gasteiger charge is -2.42. The molecule has 0 N–H and O–H groups in total. The van der Waals surface area contributed by atoms with Gasteiger partial charge in [0, 0.05) is 100 Å². The molecule has 0 aliphatic heterocycles. The molecule has 19 aromatic carbocycles. The van der Waals surface area contributed by atoms with Crippen molar-refractivity contribution in [1.29, 1.82) is 0 Å². The second-order valence-electron chi connectivity index (χ2n) is 33.2. The molecule has 0 bridgehead atoms. The summed E-state index contributed by atoms with van der Waals surface area (Å²) in [5.74, 6) is 2.39. The minimum absolute atomic E-state index is 0.355. The van der Waals surface area contributed by atoms with Gasteiger partial charge < -0.3 is 4.57 Å². The number of imidazole rings is 4. The Labute approximate surface area is 775 Å². The average Bonchev–Trinajstić information content (AvgIpc) is 1.65. The number of rotatable bonds is 20. The number of hydrogen-bond donors (Lipinski definition) is 0. The Hall–Kier alpha value is -16.1. The van der Waals surface area contributed by atoms with Gasteiger partial charge in [0.15, 0.2) is 5.82 Å². The molecule has 25 rings (SSSR count). The van der Waals surface area contributed by atoms with Gasteiger partial charge in [0.2, 0.25) is 23.5 Å². The van der Waals surface area contributed by atoms with E-state index >= 15 is 0 Å². The predicted octanol–water partition coefficient (Wildman–Crippen LogP) is 31.5. The standard InChI is InChI=1S/C119H84N10S4/c1-13-44-87(45-14-1)130(88-46-15-2-16-47-88,89-48-17-3-18-49-89)99-72-76-105-111(81-99)126-113-83-101(132(93-56-25-7-26-57-93,94-58-27-8-28-59-94)95-60-29-9-30-61-95)74-78-109(113)128(118(126)120-105)116-122-115(85-42-41-43-86(80-85)125-107-70-39-37-68-103(107)104-69-38-40-71-108(104)125)123-117(124-116)129-110-79-75-102(133(96-62-31-10-32-63-96,97-64-33-11-34-65-97)98-66-35-12-36-67-98)84-114(110)127-112-82-100(73-77-106(112)121-119(127)129)131(90-50-19-4-20-51-90,91-52-21-5-22-53-91)92-54-23-6-24-55-92/h1-84H. The lowest BCUT2D eigenvalue weighted by Crippen LogP contribution is -2.11. The van der Waals surface area contributed by atoms with Gasteiger partial charge in [-0.1, -0.05) is 267 Å². The van der Waals surface area contributed by atoms with Crippen molar-refractivity contribution in [3.05, 3.63) is 510 Å². The Bertz CT molecular complexity index is 7800. The molecule has 14 heteroatoms. The van der Waals surface area contributed by atoms with Gasteiger partial charge in [0.05, 0.1) is 55.2 Å². The van der Waals surface area contributed by atoms with E-state index in [9.17, 15) is 0 Å². The van der Waals surface area contributed by atoms with E-state index in [1.165, 1.54) is 58.7 Å². The van der Waals surface area contributed by atoms with Gasteiger partial charge in [0.25, 0.3) is 0 Å². The van der Waals surface area contributed by atoms with Crippen LogP contribution >= 0.6 is 40.1 Å². The fourth-order valence-electron chi connectivity index (χ4n) is 20.4. The zero-order valence-corrected chi connectivity index (χ0v) is 75.4. The highest BCUT2D eigenvalue weighted by atomic mass is 32.3. The van der Waals surface area contributed by atoms with Crippen LogP contribution in [0.2, 0.25) is 0 Å². The molecule has 0 radical (unpaired) electrons. The summed E-state index contributed by atoms with van der Waals surface area (Å²) >= 11 is 0. The molecule has 0 spiro atoms. The van der Waals surface area contributed by atoms with Crippen LogP contribution in [0, 0.1) is 0 Å². The number of para-hydroxylation sites is 2. The maximum atomic E-state index is 6.13. The number of benzene rings is 19. The van der Waals surface area contributed by atoms with Crippen molar-refractivity contribution in [2.24, 2.45) is 0 Å². The third-order valence-corrected chi connectivity index (χ3v) is 41.6. The van der Waals surface area contributed by atoms with Crippen molar-refractivity contribution in [3.8, 4) is 29.0 Å². The summed E-state index contributed by atoms with van der Waals surface area (Å²) in [6.45, 7) is 0. The van der Waals surface area contributed by atoms with Gasteiger partial charge in [0.1, 0.15) is 0 Å². The Balaban J connectivity index is 0.822. The highest BCUT2D eigenvalue weighted by Gasteiger charge is 2.41. The van der Waals surface area contributed by atoms with E-state index in [2.05, 4.69) is 532 Å². The molecule has 10 nitrogen and oxygen atoms in total. The second-order valence-corrected chi connectivity index (χ2v) is 45.6. The van der Waals surface area contributed by atoms with Crippen LogP contribution in [-0.4, -0.2) is 47.4 Å². The van der Waals surface area contributed by atoms with E-state index in [1.54, 1.807) is 0 Å². The van der Waals surface area contributed by atoms with Crippen LogP contribution in [0.1, 0.15) is 0 Å². The summed E-state index contributed by atoms with van der Waals surface area (Å²) in [6, 6.07) is 188.